The zero-order chi connectivity index (χ0) is 9.40. The minimum Gasteiger partial charge on any atom is -0.465 e. The van der Waals surface area contributed by atoms with E-state index in [2.05, 4.69) is 12.2 Å². The van der Waals surface area contributed by atoms with Crippen LogP contribution in [0.15, 0.2) is 0 Å². The van der Waals surface area contributed by atoms with E-state index >= 15 is 0 Å². The number of rotatable bonds is 6. The first-order valence-corrected chi connectivity index (χ1v) is 4.56. The van der Waals surface area contributed by atoms with Crippen LogP contribution >= 0.6 is 0 Å². The Morgan fingerprint density at radius 2 is 2.17 bits per heavy atom. The highest BCUT2D eigenvalue weighted by atomic mass is 16.5. The van der Waals surface area contributed by atoms with Gasteiger partial charge in [-0.05, 0) is 20.4 Å². The van der Waals surface area contributed by atoms with E-state index < -0.39 is 0 Å². The van der Waals surface area contributed by atoms with Gasteiger partial charge in [0, 0.05) is 0 Å². The van der Waals surface area contributed by atoms with E-state index in [1.54, 1.807) is 14.0 Å². The van der Waals surface area contributed by atoms with Gasteiger partial charge in [0.25, 0.3) is 0 Å². The van der Waals surface area contributed by atoms with Crippen molar-refractivity contribution < 1.29 is 9.53 Å². The molecule has 0 amide bonds. The summed E-state index contributed by atoms with van der Waals surface area (Å²) < 4.78 is 5.00. The Hall–Kier alpha value is -0.570. The molecule has 0 aromatic rings. The molecule has 0 unspecified atom stereocenters. The molecule has 0 saturated heterocycles. The van der Waals surface area contributed by atoms with Gasteiger partial charge in [-0.15, -0.1) is 0 Å². The topological polar surface area (TPSA) is 38.3 Å². The van der Waals surface area contributed by atoms with Crippen LogP contribution in [0.3, 0.4) is 0 Å². The first kappa shape index (κ1) is 11.4. The summed E-state index contributed by atoms with van der Waals surface area (Å²) in [6, 6.07) is -0.188. The van der Waals surface area contributed by atoms with Crippen molar-refractivity contribution in [3.63, 3.8) is 0 Å². The van der Waals surface area contributed by atoms with Crippen LogP contribution in [-0.2, 0) is 9.53 Å². The Kier molecular flexibility index (Phi) is 6.76. The molecular formula is C9H19NO2. The highest BCUT2D eigenvalue weighted by Gasteiger charge is 2.10. The quantitative estimate of drug-likeness (QED) is 0.486. The molecule has 0 bridgehead atoms. The van der Waals surface area contributed by atoms with Crippen molar-refractivity contribution >= 4 is 5.97 Å². The Balaban J connectivity index is 3.31. The van der Waals surface area contributed by atoms with Gasteiger partial charge in [0.2, 0.25) is 0 Å². The van der Waals surface area contributed by atoms with Crippen molar-refractivity contribution in [2.24, 2.45) is 0 Å². The van der Waals surface area contributed by atoms with Crippen molar-refractivity contribution in [1.29, 1.82) is 0 Å². The van der Waals surface area contributed by atoms with E-state index in [-0.39, 0.29) is 12.0 Å². The van der Waals surface area contributed by atoms with Gasteiger partial charge in [0.1, 0.15) is 6.04 Å². The summed E-state index contributed by atoms with van der Waals surface area (Å²) in [4.78, 5) is 11.1. The van der Waals surface area contributed by atoms with E-state index in [1.165, 1.54) is 0 Å². The number of hydrogen-bond acceptors (Lipinski definition) is 3. The molecule has 1 N–H and O–H groups in total. The van der Waals surface area contributed by atoms with Crippen molar-refractivity contribution in [2.45, 2.75) is 39.2 Å². The lowest BCUT2D eigenvalue weighted by Crippen LogP contribution is -2.32. The molecule has 0 aromatic carbocycles. The van der Waals surface area contributed by atoms with Gasteiger partial charge in [0.15, 0.2) is 0 Å². The van der Waals surface area contributed by atoms with Crippen molar-refractivity contribution in [3.05, 3.63) is 0 Å². The van der Waals surface area contributed by atoms with Gasteiger partial charge in [-0.2, -0.15) is 0 Å². The number of carbonyl (C=O) groups excluding carboxylic acids is 1. The third kappa shape index (κ3) is 5.13. The maximum Gasteiger partial charge on any atom is 0.322 e. The van der Waals surface area contributed by atoms with Crippen LogP contribution in [0.1, 0.15) is 33.1 Å². The number of likely N-dealkylation sites (N-methyl/N-ethyl adjacent to an activating group) is 1. The molecule has 0 aromatic heterocycles. The third-order valence-corrected chi connectivity index (χ3v) is 1.78. The zero-order valence-corrected chi connectivity index (χ0v) is 8.22. The van der Waals surface area contributed by atoms with Crippen LogP contribution in [0.4, 0.5) is 0 Å². The number of hydrogen-bond donors (Lipinski definition) is 1. The lowest BCUT2D eigenvalue weighted by molar-refractivity contribution is -0.145. The number of nitrogens with one attached hydrogen (secondary N) is 1. The molecule has 3 nitrogen and oxygen atoms in total. The fourth-order valence-electron chi connectivity index (χ4n) is 0.768. The molecule has 0 saturated carbocycles. The smallest absolute Gasteiger partial charge is 0.322 e. The SMILES string of the molecule is CCCCCOC(=O)[C@H](C)NC. The molecule has 0 aliphatic heterocycles. The second-order valence-corrected chi connectivity index (χ2v) is 2.88. The number of esters is 1. The second-order valence-electron chi connectivity index (χ2n) is 2.88. The molecule has 0 aliphatic rings. The maximum absolute atomic E-state index is 11.1. The van der Waals surface area contributed by atoms with Crippen LogP contribution in [0.5, 0.6) is 0 Å². The van der Waals surface area contributed by atoms with E-state index in [9.17, 15) is 4.79 Å². The molecule has 0 heterocycles. The fourth-order valence-corrected chi connectivity index (χ4v) is 0.768. The lowest BCUT2D eigenvalue weighted by Gasteiger charge is -2.09. The van der Waals surface area contributed by atoms with Gasteiger partial charge in [-0.3, -0.25) is 4.79 Å². The predicted octanol–water partition coefficient (Wildman–Crippen LogP) is 1.33. The number of ether oxygens (including phenoxy) is 1. The van der Waals surface area contributed by atoms with Crippen molar-refractivity contribution in [1.82, 2.24) is 5.32 Å². The normalized spacial score (nSPS) is 12.6. The summed E-state index contributed by atoms with van der Waals surface area (Å²) in [5.74, 6) is -0.159. The molecule has 0 radical (unpaired) electrons. The molecule has 0 fully saturated rings. The summed E-state index contributed by atoms with van der Waals surface area (Å²) in [5.41, 5.74) is 0. The van der Waals surface area contributed by atoms with Crippen LogP contribution in [-0.4, -0.2) is 25.7 Å². The minimum absolute atomic E-state index is 0.159. The number of carbonyl (C=O) groups is 1. The standard InChI is InChI=1S/C9H19NO2/c1-4-5-6-7-12-9(11)8(2)10-3/h8,10H,4-7H2,1-3H3/t8-/m0/s1. The average Bonchev–Trinajstić information content (AvgIpc) is 2.10. The largest absolute Gasteiger partial charge is 0.465 e. The molecule has 12 heavy (non-hydrogen) atoms. The molecular weight excluding hydrogens is 154 g/mol. The van der Waals surface area contributed by atoms with Gasteiger partial charge in [0.05, 0.1) is 6.61 Å². The fraction of sp³-hybridized carbons (Fsp3) is 0.889. The summed E-state index contributed by atoms with van der Waals surface area (Å²) in [5, 5.41) is 2.83. The summed E-state index contributed by atoms with van der Waals surface area (Å²) in [7, 11) is 1.75. The van der Waals surface area contributed by atoms with Gasteiger partial charge in [-0.1, -0.05) is 19.8 Å². The Bertz CT molecular complexity index is 126. The van der Waals surface area contributed by atoms with Crippen LogP contribution in [0.25, 0.3) is 0 Å². The molecule has 72 valence electrons. The number of unbranched alkanes of at least 4 members (excludes halogenated alkanes) is 2. The maximum atomic E-state index is 11.1. The van der Waals surface area contributed by atoms with Gasteiger partial charge in [-0.25, -0.2) is 0 Å². The van der Waals surface area contributed by atoms with Gasteiger partial charge < -0.3 is 10.1 Å². The van der Waals surface area contributed by atoms with E-state index in [1.807, 2.05) is 0 Å². The highest BCUT2D eigenvalue weighted by molar-refractivity contribution is 5.75. The first-order chi connectivity index (χ1) is 5.72. The van der Waals surface area contributed by atoms with Crippen LogP contribution in [0, 0.1) is 0 Å². The summed E-state index contributed by atoms with van der Waals surface area (Å²) in [6.45, 7) is 4.47. The molecule has 0 aliphatic carbocycles. The van der Waals surface area contributed by atoms with Crippen LogP contribution < -0.4 is 5.32 Å². The van der Waals surface area contributed by atoms with Crippen molar-refractivity contribution in [3.8, 4) is 0 Å². The van der Waals surface area contributed by atoms with E-state index in [0.29, 0.717) is 6.61 Å². The molecule has 1 atom stereocenters. The Labute approximate surface area is 74.5 Å². The van der Waals surface area contributed by atoms with E-state index in [0.717, 1.165) is 19.3 Å². The van der Waals surface area contributed by atoms with Gasteiger partial charge >= 0.3 is 5.97 Å². The summed E-state index contributed by atoms with van der Waals surface area (Å²) in [6.07, 6.45) is 3.25. The summed E-state index contributed by atoms with van der Waals surface area (Å²) >= 11 is 0. The first-order valence-electron chi connectivity index (χ1n) is 4.56. The second kappa shape index (κ2) is 7.10. The van der Waals surface area contributed by atoms with E-state index in [4.69, 9.17) is 4.74 Å². The minimum atomic E-state index is -0.188. The van der Waals surface area contributed by atoms with Crippen molar-refractivity contribution in [2.75, 3.05) is 13.7 Å². The predicted molar refractivity (Wildman–Crippen MR) is 49.0 cm³/mol. The molecule has 0 rings (SSSR count). The molecule has 0 spiro atoms. The molecule has 3 heteroatoms. The lowest BCUT2D eigenvalue weighted by atomic mass is 10.3. The zero-order valence-electron chi connectivity index (χ0n) is 8.22. The monoisotopic (exact) mass is 173 g/mol. The highest BCUT2D eigenvalue weighted by Crippen LogP contribution is 1.95. The third-order valence-electron chi connectivity index (χ3n) is 1.78. The average molecular weight is 173 g/mol. The Morgan fingerprint density at radius 1 is 1.50 bits per heavy atom. The Morgan fingerprint density at radius 3 is 2.67 bits per heavy atom. The van der Waals surface area contributed by atoms with Crippen LogP contribution in [0.2, 0.25) is 0 Å².